The third-order valence-electron chi connectivity index (χ3n) is 4.91. The fourth-order valence-electron chi connectivity index (χ4n) is 3.47. The van der Waals surface area contributed by atoms with Gasteiger partial charge in [0.25, 0.3) is 0 Å². The van der Waals surface area contributed by atoms with E-state index in [2.05, 4.69) is 4.90 Å². The highest BCUT2D eigenvalue weighted by molar-refractivity contribution is 5.73. The lowest BCUT2D eigenvalue weighted by molar-refractivity contribution is -0.192. The number of methoxy groups -OCH3 is 1. The fraction of sp³-hybridized carbons (Fsp3) is 0.944. The van der Waals surface area contributed by atoms with Gasteiger partial charge >= 0.3 is 12.1 Å². The number of hydrogen-bond donors (Lipinski definition) is 1. The fourth-order valence-corrected chi connectivity index (χ4v) is 3.47. The summed E-state index contributed by atoms with van der Waals surface area (Å²) in [4.78, 5) is 11.6. The Bertz CT molecular complexity index is 377. The molecule has 1 aliphatic carbocycles. The van der Waals surface area contributed by atoms with Gasteiger partial charge in [-0.2, -0.15) is 13.2 Å². The first-order chi connectivity index (χ1) is 12.3. The standard InChI is InChI=1S/C16H31NO2.C2HF3O2/c1-18-12-13-19-16-8-10-17(11-9-16)14-15-6-4-2-3-5-7-15;3-2(4,5)1(6)7/h15-16H,2-14H2,1H3;(H,6,7). The van der Waals surface area contributed by atoms with E-state index in [0.29, 0.717) is 6.10 Å². The summed E-state index contributed by atoms with van der Waals surface area (Å²) in [5.41, 5.74) is 0. The molecule has 2 rings (SSSR count). The number of hydrogen-bond acceptors (Lipinski definition) is 4. The molecular weight excluding hydrogens is 351 g/mol. The summed E-state index contributed by atoms with van der Waals surface area (Å²) < 4.78 is 42.6. The van der Waals surface area contributed by atoms with E-state index < -0.39 is 12.1 Å². The van der Waals surface area contributed by atoms with Gasteiger partial charge in [0.15, 0.2) is 0 Å². The van der Waals surface area contributed by atoms with Crippen molar-refractivity contribution in [2.45, 2.75) is 63.6 Å². The highest BCUT2D eigenvalue weighted by Crippen LogP contribution is 2.25. The Hall–Kier alpha value is -0.860. The minimum atomic E-state index is -5.08. The number of nitrogens with zero attached hydrogens (tertiary/aromatic N) is 1. The summed E-state index contributed by atoms with van der Waals surface area (Å²) in [7, 11) is 1.73. The molecule has 1 saturated carbocycles. The molecule has 8 heteroatoms. The van der Waals surface area contributed by atoms with Crippen LogP contribution < -0.4 is 0 Å². The molecule has 0 aromatic carbocycles. The second kappa shape index (κ2) is 12.5. The van der Waals surface area contributed by atoms with Crippen molar-refractivity contribution in [2.75, 3.05) is 40.0 Å². The first-order valence-corrected chi connectivity index (χ1v) is 9.46. The summed E-state index contributed by atoms with van der Waals surface area (Å²) in [5.74, 6) is -1.79. The molecule has 1 aliphatic heterocycles. The highest BCUT2D eigenvalue weighted by atomic mass is 19.4. The van der Waals surface area contributed by atoms with Crippen molar-refractivity contribution in [3.05, 3.63) is 0 Å². The SMILES string of the molecule is COCCOC1CCN(CC2CCCCCC2)CC1.O=C(O)C(F)(F)F. The second-order valence-electron chi connectivity index (χ2n) is 7.02. The maximum absolute atomic E-state index is 10.6. The molecule has 0 aromatic rings. The Balaban J connectivity index is 0.000000412. The molecule has 1 saturated heterocycles. The minimum absolute atomic E-state index is 0.473. The summed E-state index contributed by atoms with van der Waals surface area (Å²) in [6.07, 6.45) is 6.57. The Morgan fingerprint density at radius 1 is 1.04 bits per heavy atom. The van der Waals surface area contributed by atoms with E-state index in [4.69, 9.17) is 19.4 Å². The predicted octanol–water partition coefficient (Wildman–Crippen LogP) is 3.72. The number of carbonyl (C=O) groups is 1. The summed E-state index contributed by atoms with van der Waals surface area (Å²) in [5, 5.41) is 7.12. The van der Waals surface area contributed by atoms with Crippen LogP contribution in [-0.2, 0) is 14.3 Å². The van der Waals surface area contributed by atoms with E-state index in [-0.39, 0.29) is 0 Å². The van der Waals surface area contributed by atoms with Gasteiger partial charge in [0.05, 0.1) is 19.3 Å². The van der Waals surface area contributed by atoms with Crippen molar-refractivity contribution in [1.29, 1.82) is 0 Å². The number of likely N-dealkylation sites (tertiary alicyclic amines) is 1. The molecule has 5 nitrogen and oxygen atoms in total. The highest BCUT2D eigenvalue weighted by Gasteiger charge is 2.38. The first-order valence-electron chi connectivity index (χ1n) is 9.46. The van der Waals surface area contributed by atoms with Gasteiger partial charge in [0, 0.05) is 26.7 Å². The molecule has 0 amide bonds. The lowest BCUT2D eigenvalue weighted by Gasteiger charge is -2.34. The molecule has 0 radical (unpaired) electrons. The number of carboxylic acids is 1. The predicted molar refractivity (Wildman–Crippen MR) is 92.2 cm³/mol. The van der Waals surface area contributed by atoms with E-state index in [1.165, 1.54) is 71.0 Å². The average molecular weight is 383 g/mol. The number of rotatable bonds is 6. The van der Waals surface area contributed by atoms with Gasteiger partial charge in [-0.05, 0) is 31.6 Å². The van der Waals surface area contributed by atoms with Crippen LogP contribution in [0.15, 0.2) is 0 Å². The summed E-state index contributed by atoms with van der Waals surface area (Å²) >= 11 is 0. The lowest BCUT2D eigenvalue weighted by atomic mass is 9.98. The molecule has 1 heterocycles. The largest absolute Gasteiger partial charge is 0.490 e. The number of piperidine rings is 1. The van der Waals surface area contributed by atoms with Crippen LogP contribution in [0.3, 0.4) is 0 Å². The van der Waals surface area contributed by atoms with Gasteiger partial charge in [-0.15, -0.1) is 0 Å². The lowest BCUT2D eigenvalue weighted by Crippen LogP contribution is -2.39. The van der Waals surface area contributed by atoms with Crippen molar-refractivity contribution in [3.8, 4) is 0 Å². The molecule has 0 spiro atoms. The molecule has 0 unspecified atom stereocenters. The molecule has 0 atom stereocenters. The van der Waals surface area contributed by atoms with E-state index in [1.54, 1.807) is 7.11 Å². The number of alkyl halides is 3. The van der Waals surface area contributed by atoms with Crippen LogP contribution in [0.1, 0.15) is 51.4 Å². The van der Waals surface area contributed by atoms with Gasteiger partial charge < -0.3 is 19.5 Å². The van der Waals surface area contributed by atoms with Crippen LogP contribution in [-0.4, -0.2) is 68.2 Å². The van der Waals surface area contributed by atoms with Gasteiger partial charge in [-0.3, -0.25) is 0 Å². The maximum Gasteiger partial charge on any atom is 0.490 e. The van der Waals surface area contributed by atoms with Crippen LogP contribution in [0.2, 0.25) is 0 Å². The Morgan fingerprint density at radius 3 is 2.04 bits per heavy atom. The van der Waals surface area contributed by atoms with Crippen molar-refractivity contribution in [3.63, 3.8) is 0 Å². The molecular formula is C18H32F3NO4. The van der Waals surface area contributed by atoms with Gasteiger partial charge in [0.2, 0.25) is 0 Å². The molecule has 154 valence electrons. The van der Waals surface area contributed by atoms with Crippen LogP contribution in [0.4, 0.5) is 13.2 Å². The van der Waals surface area contributed by atoms with Crippen LogP contribution >= 0.6 is 0 Å². The zero-order valence-corrected chi connectivity index (χ0v) is 15.6. The molecule has 0 bridgehead atoms. The molecule has 0 aromatic heterocycles. The first kappa shape index (κ1) is 23.2. The van der Waals surface area contributed by atoms with Crippen molar-refractivity contribution in [1.82, 2.24) is 4.90 Å². The average Bonchev–Trinajstić information content (AvgIpc) is 2.85. The van der Waals surface area contributed by atoms with E-state index >= 15 is 0 Å². The van der Waals surface area contributed by atoms with Crippen LogP contribution in [0.25, 0.3) is 0 Å². The maximum atomic E-state index is 10.6. The number of ether oxygens (including phenoxy) is 2. The number of halogens is 3. The van der Waals surface area contributed by atoms with Gasteiger partial charge in [-0.1, -0.05) is 25.7 Å². The zero-order chi connectivity index (χ0) is 19.4. The third kappa shape index (κ3) is 10.3. The molecule has 1 N–H and O–H groups in total. The van der Waals surface area contributed by atoms with Crippen LogP contribution in [0.5, 0.6) is 0 Å². The van der Waals surface area contributed by atoms with E-state index in [1.807, 2.05) is 0 Å². The number of aliphatic carboxylic acids is 1. The Kier molecular flexibility index (Phi) is 11.2. The molecule has 2 fully saturated rings. The van der Waals surface area contributed by atoms with Crippen molar-refractivity contribution in [2.24, 2.45) is 5.92 Å². The molecule has 2 aliphatic rings. The summed E-state index contributed by atoms with van der Waals surface area (Å²) in [6, 6.07) is 0. The Labute approximate surface area is 153 Å². The molecule has 26 heavy (non-hydrogen) atoms. The number of carboxylic acid groups (broad SMARTS) is 1. The Morgan fingerprint density at radius 2 is 1.58 bits per heavy atom. The van der Waals surface area contributed by atoms with E-state index in [0.717, 1.165) is 19.1 Å². The smallest absolute Gasteiger partial charge is 0.475 e. The van der Waals surface area contributed by atoms with Crippen molar-refractivity contribution >= 4 is 5.97 Å². The second-order valence-corrected chi connectivity index (χ2v) is 7.02. The monoisotopic (exact) mass is 383 g/mol. The quantitative estimate of drug-likeness (QED) is 0.560. The normalized spacial score (nSPS) is 20.9. The van der Waals surface area contributed by atoms with E-state index in [9.17, 15) is 13.2 Å². The zero-order valence-electron chi connectivity index (χ0n) is 15.6. The minimum Gasteiger partial charge on any atom is -0.475 e. The van der Waals surface area contributed by atoms with Gasteiger partial charge in [0.1, 0.15) is 0 Å². The third-order valence-corrected chi connectivity index (χ3v) is 4.91. The van der Waals surface area contributed by atoms with Gasteiger partial charge in [-0.25, -0.2) is 4.79 Å². The van der Waals surface area contributed by atoms with Crippen LogP contribution in [0, 0.1) is 5.92 Å². The van der Waals surface area contributed by atoms with Crippen molar-refractivity contribution < 1.29 is 32.5 Å². The topological polar surface area (TPSA) is 59.0 Å². The summed E-state index contributed by atoms with van der Waals surface area (Å²) in [6.45, 7) is 5.28.